The van der Waals surface area contributed by atoms with E-state index in [0.29, 0.717) is 17.6 Å². The van der Waals surface area contributed by atoms with Gasteiger partial charge in [-0.05, 0) is 58.0 Å². The van der Waals surface area contributed by atoms with Gasteiger partial charge in [-0.3, -0.25) is 9.13 Å². The van der Waals surface area contributed by atoms with Crippen LogP contribution in [-0.2, 0) is 0 Å². The van der Waals surface area contributed by atoms with E-state index < -0.39 is 0 Å². The Kier molecular flexibility index (Phi) is 7.98. The Labute approximate surface area is 365 Å². The molecule has 0 unspecified atom stereocenters. The van der Waals surface area contributed by atoms with Crippen LogP contribution in [0.5, 0.6) is 0 Å². The van der Waals surface area contributed by atoms with Gasteiger partial charge in [-0.2, -0.15) is 9.97 Å². The largest absolute Gasteiger partial charge is 0.283 e. The predicted molar refractivity (Wildman–Crippen MR) is 261 cm³/mol. The molecular formula is C56H34N6S. The average Bonchev–Trinajstić information content (AvgIpc) is 4.05. The third kappa shape index (κ3) is 5.71. The van der Waals surface area contributed by atoms with E-state index in [9.17, 15) is 0 Å². The fourth-order valence-electron chi connectivity index (χ4n) is 9.31. The Balaban J connectivity index is 1.13. The molecule has 9 aromatic carbocycles. The Hall–Kier alpha value is -8.26. The second-order valence-electron chi connectivity index (χ2n) is 15.9. The summed E-state index contributed by atoms with van der Waals surface area (Å²) in [6, 6.07) is 72.6. The lowest BCUT2D eigenvalue weighted by atomic mass is 10.0. The number of aromatic nitrogens is 6. The van der Waals surface area contributed by atoms with E-state index in [1.54, 1.807) is 11.3 Å². The lowest BCUT2D eigenvalue weighted by Crippen LogP contribution is -2.07. The number of thiazole rings is 1. The number of nitrogens with zero attached hydrogens (tertiary/aromatic N) is 6. The second kappa shape index (κ2) is 14.2. The average molecular weight is 823 g/mol. The van der Waals surface area contributed by atoms with Crippen molar-refractivity contribution in [3.63, 3.8) is 0 Å². The van der Waals surface area contributed by atoms with Gasteiger partial charge in [-0.25, -0.2) is 9.97 Å². The lowest BCUT2D eigenvalue weighted by Gasteiger charge is -2.13. The zero-order chi connectivity index (χ0) is 41.4. The van der Waals surface area contributed by atoms with Crippen molar-refractivity contribution in [1.82, 2.24) is 29.1 Å². The number of fused-ring (bicyclic) bond motifs is 10. The van der Waals surface area contributed by atoms with Crippen LogP contribution in [0.15, 0.2) is 206 Å². The van der Waals surface area contributed by atoms with Gasteiger partial charge in [0.05, 0.1) is 32.3 Å². The van der Waals surface area contributed by atoms with Gasteiger partial charge in [0.1, 0.15) is 0 Å². The van der Waals surface area contributed by atoms with E-state index >= 15 is 0 Å². The molecule has 0 spiro atoms. The van der Waals surface area contributed by atoms with Crippen LogP contribution in [0.25, 0.3) is 121 Å². The molecule has 0 aliphatic carbocycles. The maximum atomic E-state index is 5.45. The summed E-state index contributed by atoms with van der Waals surface area (Å²) in [6.45, 7) is 0. The van der Waals surface area contributed by atoms with E-state index in [4.69, 9.17) is 19.9 Å². The SMILES string of the molecule is c1ccc(-c2cccc(-c3nc(-c4cccc(-c5ccccc5)c4)nc(-n4c5ccccc5c5ccc6c7ccccc7n(-c7nc8c(ccc9ccccc98)s7)c6c54)n3)c2)cc1. The summed E-state index contributed by atoms with van der Waals surface area (Å²) < 4.78 is 5.75. The first kappa shape index (κ1) is 35.5. The first-order chi connectivity index (χ1) is 31.2. The summed E-state index contributed by atoms with van der Waals surface area (Å²) in [4.78, 5) is 21.6. The van der Waals surface area contributed by atoms with Crippen molar-refractivity contribution in [3.05, 3.63) is 206 Å². The van der Waals surface area contributed by atoms with Crippen molar-refractivity contribution < 1.29 is 0 Å². The molecule has 13 rings (SSSR count). The number of para-hydroxylation sites is 2. The minimum Gasteiger partial charge on any atom is -0.283 e. The molecular weight excluding hydrogens is 789 g/mol. The molecule has 0 N–H and O–H groups in total. The van der Waals surface area contributed by atoms with Gasteiger partial charge in [0.25, 0.3) is 0 Å². The van der Waals surface area contributed by atoms with Gasteiger partial charge in [0.15, 0.2) is 16.8 Å². The lowest BCUT2D eigenvalue weighted by molar-refractivity contribution is 0.953. The zero-order valence-corrected chi connectivity index (χ0v) is 34.5. The third-order valence-corrected chi connectivity index (χ3v) is 13.2. The maximum absolute atomic E-state index is 5.45. The van der Waals surface area contributed by atoms with Crippen molar-refractivity contribution >= 4 is 75.9 Å². The van der Waals surface area contributed by atoms with Gasteiger partial charge in [-0.1, -0.05) is 187 Å². The molecule has 0 aliphatic rings. The Bertz CT molecular complexity index is 3820. The van der Waals surface area contributed by atoms with Crippen LogP contribution in [0.3, 0.4) is 0 Å². The molecule has 0 fully saturated rings. The monoisotopic (exact) mass is 822 g/mol. The number of hydrogen-bond donors (Lipinski definition) is 0. The van der Waals surface area contributed by atoms with Crippen molar-refractivity contribution in [2.24, 2.45) is 0 Å². The fraction of sp³-hybridized carbons (Fsp3) is 0. The Morgan fingerprint density at radius 2 is 0.825 bits per heavy atom. The molecule has 0 atom stereocenters. The summed E-state index contributed by atoms with van der Waals surface area (Å²) >= 11 is 1.72. The quantitative estimate of drug-likeness (QED) is 0.168. The summed E-state index contributed by atoms with van der Waals surface area (Å²) in [5, 5.41) is 7.74. The highest BCUT2D eigenvalue weighted by Crippen LogP contribution is 2.43. The molecule has 0 radical (unpaired) electrons. The van der Waals surface area contributed by atoms with Gasteiger partial charge < -0.3 is 0 Å². The fourth-order valence-corrected chi connectivity index (χ4v) is 10.3. The maximum Gasteiger partial charge on any atom is 0.238 e. The molecule has 7 heteroatoms. The van der Waals surface area contributed by atoms with Gasteiger partial charge in [0.2, 0.25) is 5.95 Å². The van der Waals surface area contributed by atoms with Crippen LogP contribution in [-0.4, -0.2) is 29.1 Å². The summed E-state index contributed by atoms with van der Waals surface area (Å²) in [6.07, 6.45) is 0. The standard InChI is InChI=1S/C56H34N6S/c1-3-15-35(16-4-1)38-20-13-22-40(33-38)53-58-54(41-23-14-21-39(34-41)36-17-5-2-6-18-36)60-55(59-53)61-47-27-11-9-25-43(47)45-30-31-46-44-26-10-12-28-48(44)62(52(46)51(45)61)56-57-50-42-24-8-7-19-37(42)29-32-49(50)63-56/h1-34H. The van der Waals surface area contributed by atoms with Gasteiger partial charge >= 0.3 is 0 Å². The van der Waals surface area contributed by atoms with Crippen LogP contribution in [0.1, 0.15) is 0 Å². The summed E-state index contributed by atoms with van der Waals surface area (Å²) in [5.74, 6) is 1.72. The zero-order valence-electron chi connectivity index (χ0n) is 33.7. The predicted octanol–water partition coefficient (Wildman–Crippen LogP) is 14.5. The van der Waals surface area contributed by atoms with Crippen molar-refractivity contribution in [2.45, 2.75) is 0 Å². The highest BCUT2D eigenvalue weighted by molar-refractivity contribution is 7.21. The Morgan fingerprint density at radius 3 is 1.44 bits per heavy atom. The normalized spacial score (nSPS) is 11.8. The molecule has 4 heterocycles. The third-order valence-electron chi connectivity index (χ3n) is 12.2. The van der Waals surface area contributed by atoms with Crippen LogP contribution >= 0.6 is 11.3 Å². The van der Waals surface area contributed by atoms with Crippen LogP contribution < -0.4 is 0 Å². The smallest absolute Gasteiger partial charge is 0.238 e. The van der Waals surface area contributed by atoms with Gasteiger partial charge in [0, 0.05) is 38.1 Å². The van der Waals surface area contributed by atoms with E-state index in [2.05, 4.69) is 203 Å². The van der Waals surface area contributed by atoms with Crippen molar-refractivity contribution in [3.8, 4) is 56.1 Å². The molecule has 13 aromatic rings. The Morgan fingerprint density at radius 1 is 0.333 bits per heavy atom. The topological polar surface area (TPSA) is 61.4 Å². The van der Waals surface area contributed by atoms with Crippen LogP contribution in [0, 0.1) is 0 Å². The van der Waals surface area contributed by atoms with E-state index in [0.717, 1.165) is 97.7 Å². The molecule has 294 valence electrons. The van der Waals surface area contributed by atoms with Crippen molar-refractivity contribution in [1.29, 1.82) is 0 Å². The van der Waals surface area contributed by atoms with E-state index in [-0.39, 0.29) is 0 Å². The number of hydrogen-bond acceptors (Lipinski definition) is 5. The van der Waals surface area contributed by atoms with Crippen LogP contribution in [0.4, 0.5) is 0 Å². The van der Waals surface area contributed by atoms with Gasteiger partial charge in [-0.15, -0.1) is 0 Å². The molecule has 0 saturated carbocycles. The van der Waals surface area contributed by atoms with E-state index in [1.807, 2.05) is 12.1 Å². The summed E-state index contributed by atoms with van der Waals surface area (Å²) in [5.41, 5.74) is 11.4. The van der Waals surface area contributed by atoms with Crippen molar-refractivity contribution in [2.75, 3.05) is 0 Å². The highest BCUT2D eigenvalue weighted by Gasteiger charge is 2.25. The number of rotatable bonds is 6. The van der Waals surface area contributed by atoms with Crippen LogP contribution in [0.2, 0.25) is 0 Å². The molecule has 0 aliphatic heterocycles. The van der Waals surface area contributed by atoms with E-state index in [1.165, 1.54) is 5.39 Å². The first-order valence-electron chi connectivity index (χ1n) is 21.1. The molecule has 0 bridgehead atoms. The molecule has 63 heavy (non-hydrogen) atoms. The molecule has 0 saturated heterocycles. The number of benzene rings is 9. The highest BCUT2D eigenvalue weighted by atomic mass is 32.1. The summed E-state index contributed by atoms with van der Waals surface area (Å²) in [7, 11) is 0. The molecule has 0 amide bonds. The minimum absolute atomic E-state index is 0.538. The molecule has 4 aromatic heterocycles. The second-order valence-corrected chi connectivity index (χ2v) is 16.9. The minimum atomic E-state index is 0.538. The molecule has 6 nitrogen and oxygen atoms in total. The first-order valence-corrected chi connectivity index (χ1v) is 21.9.